The molecule has 0 atom stereocenters. The first-order chi connectivity index (χ1) is 10.2. The van der Waals surface area contributed by atoms with Crippen molar-refractivity contribution >= 4 is 0 Å². The Bertz CT molecular complexity index is 524. The summed E-state index contributed by atoms with van der Waals surface area (Å²) < 4.78 is 0. The number of rotatable bonds is 6. The van der Waals surface area contributed by atoms with Crippen molar-refractivity contribution in [3.63, 3.8) is 0 Å². The SMILES string of the molecule is C=C/C=C1/CCC(=C/C)/C(=C(C=C)/C=C\C(=C)CCO)C1. The lowest BCUT2D eigenvalue weighted by atomic mass is 9.82. The molecular weight excluding hydrogens is 256 g/mol. The zero-order chi connectivity index (χ0) is 15.7. The molecule has 1 fully saturated rings. The second-order valence-electron chi connectivity index (χ2n) is 5.15. The molecule has 112 valence electrons. The van der Waals surface area contributed by atoms with Crippen LogP contribution in [0.25, 0.3) is 0 Å². The fourth-order valence-corrected chi connectivity index (χ4v) is 2.52. The molecule has 1 heteroatoms. The van der Waals surface area contributed by atoms with E-state index in [0.29, 0.717) is 6.42 Å². The quantitative estimate of drug-likeness (QED) is 0.663. The van der Waals surface area contributed by atoms with Gasteiger partial charge in [-0.3, -0.25) is 0 Å². The molecule has 1 aliphatic carbocycles. The highest BCUT2D eigenvalue weighted by atomic mass is 16.2. The molecule has 0 aliphatic heterocycles. The van der Waals surface area contributed by atoms with Crippen molar-refractivity contribution in [1.82, 2.24) is 0 Å². The van der Waals surface area contributed by atoms with Crippen LogP contribution in [-0.2, 0) is 0 Å². The summed E-state index contributed by atoms with van der Waals surface area (Å²) in [6.07, 6.45) is 15.8. The number of hydrogen-bond donors (Lipinski definition) is 1. The Labute approximate surface area is 129 Å². The monoisotopic (exact) mass is 282 g/mol. The topological polar surface area (TPSA) is 20.2 Å². The van der Waals surface area contributed by atoms with Crippen molar-refractivity contribution in [2.24, 2.45) is 0 Å². The summed E-state index contributed by atoms with van der Waals surface area (Å²) in [4.78, 5) is 0. The van der Waals surface area contributed by atoms with Crippen molar-refractivity contribution in [1.29, 1.82) is 0 Å². The van der Waals surface area contributed by atoms with Gasteiger partial charge >= 0.3 is 0 Å². The minimum Gasteiger partial charge on any atom is -0.396 e. The van der Waals surface area contributed by atoms with Gasteiger partial charge in [0.25, 0.3) is 0 Å². The van der Waals surface area contributed by atoms with E-state index in [1.165, 1.54) is 16.7 Å². The first-order valence-corrected chi connectivity index (χ1v) is 7.44. The van der Waals surface area contributed by atoms with Crippen molar-refractivity contribution in [3.05, 3.63) is 84.1 Å². The average molecular weight is 282 g/mol. The van der Waals surface area contributed by atoms with Crippen molar-refractivity contribution in [2.75, 3.05) is 6.61 Å². The van der Waals surface area contributed by atoms with Gasteiger partial charge in [-0.25, -0.2) is 0 Å². The van der Waals surface area contributed by atoms with E-state index >= 15 is 0 Å². The van der Waals surface area contributed by atoms with Gasteiger partial charge in [-0.1, -0.05) is 67.3 Å². The first kappa shape index (κ1) is 17.2. The summed E-state index contributed by atoms with van der Waals surface area (Å²) in [6, 6.07) is 0. The molecular formula is C20H26O. The number of aliphatic hydroxyl groups is 1. The molecule has 1 aliphatic rings. The summed E-state index contributed by atoms with van der Waals surface area (Å²) in [5, 5.41) is 8.93. The van der Waals surface area contributed by atoms with E-state index in [0.717, 1.165) is 30.4 Å². The molecule has 1 nitrogen and oxygen atoms in total. The van der Waals surface area contributed by atoms with Crippen LogP contribution < -0.4 is 0 Å². The van der Waals surface area contributed by atoms with Crippen LogP contribution in [0, 0.1) is 0 Å². The van der Waals surface area contributed by atoms with Crippen LogP contribution in [0.5, 0.6) is 0 Å². The fourth-order valence-electron chi connectivity index (χ4n) is 2.52. The van der Waals surface area contributed by atoms with Crippen LogP contribution in [0.3, 0.4) is 0 Å². The Hall–Kier alpha value is -1.86. The van der Waals surface area contributed by atoms with Gasteiger partial charge in [-0.15, -0.1) is 0 Å². The van der Waals surface area contributed by atoms with E-state index in [1.54, 1.807) is 0 Å². The van der Waals surface area contributed by atoms with E-state index in [-0.39, 0.29) is 6.61 Å². The maximum atomic E-state index is 8.93. The van der Waals surface area contributed by atoms with E-state index < -0.39 is 0 Å². The predicted molar refractivity (Wildman–Crippen MR) is 93.1 cm³/mol. The van der Waals surface area contributed by atoms with Crippen LogP contribution in [-0.4, -0.2) is 11.7 Å². The normalized spacial score (nSPS) is 21.8. The van der Waals surface area contributed by atoms with E-state index in [4.69, 9.17) is 5.11 Å². The molecule has 0 amide bonds. The van der Waals surface area contributed by atoms with Crippen molar-refractivity contribution in [2.45, 2.75) is 32.6 Å². The zero-order valence-electron chi connectivity index (χ0n) is 13.1. The lowest BCUT2D eigenvalue weighted by Gasteiger charge is -2.23. The van der Waals surface area contributed by atoms with Crippen LogP contribution in [0.2, 0.25) is 0 Å². The highest BCUT2D eigenvalue weighted by molar-refractivity contribution is 5.50. The minimum absolute atomic E-state index is 0.134. The van der Waals surface area contributed by atoms with Gasteiger partial charge in [0, 0.05) is 6.61 Å². The molecule has 1 N–H and O–H groups in total. The molecule has 0 unspecified atom stereocenters. The molecule has 0 heterocycles. The Morgan fingerprint density at radius 3 is 2.57 bits per heavy atom. The van der Waals surface area contributed by atoms with Crippen LogP contribution in [0.15, 0.2) is 84.1 Å². The molecule has 1 rings (SSSR count). The van der Waals surface area contributed by atoms with Crippen molar-refractivity contribution in [3.8, 4) is 0 Å². The molecule has 21 heavy (non-hydrogen) atoms. The van der Waals surface area contributed by atoms with Gasteiger partial charge < -0.3 is 5.11 Å². The Balaban J connectivity index is 3.10. The second kappa shape index (κ2) is 9.15. The maximum absolute atomic E-state index is 8.93. The molecule has 0 aromatic rings. The van der Waals surface area contributed by atoms with Crippen LogP contribution >= 0.6 is 0 Å². The van der Waals surface area contributed by atoms with Gasteiger partial charge in [0.15, 0.2) is 0 Å². The third-order valence-electron chi connectivity index (χ3n) is 3.71. The van der Waals surface area contributed by atoms with E-state index in [9.17, 15) is 0 Å². The van der Waals surface area contributed by atoms with Crippen LogP contribution in [0.1, 0.15) is 32.6 Å². The zero-order valence-corrected chi connectivity index (χ0v) is 13.1. The molecule has 0 saturated heterocycles. The molecule has 0 aromatic carbocycles. The third-order valence-corrected chi connectivity index (χ3v) is 3.71. The summed E-state index contributed by atoms with van der Waals surface area (Å²) in [6.45, 7) is 13.9. The average Bonchev–Trinajstić information content (AvgIpc) is 2.49. The number of aliphatic hydroxyl groups excluding tert-OH is 1. The Kier molecular flexibility index (Phi) is 7.49. The van der Waals surface area contributed by atoms with Crippen LogP contribution in [0.4, 0.5) is 0 Å². The summed E-state index contributed by atoms with van der Waals surface area (Å²) in [7, 11) is 0. The second-order valence-corrected chi connectivity index (χ2v) is 5.15. The summed E-state index contributed by atoms with van der Waals surface area (Å²) in [5.74, 6) is 0. The molecule has 1 saturated carbocycles. The van der Waals surface area contributed by atoms with Gasteiger partial charge in [-0.05, 0) is 49.3 Å². The van der Waals surface area contributed by atoms with Gasteiger partial charge in [0.1, 0.15) is 0 Å². The maximum Gasteiger partial charge on any atom is 0.0471 e. The first-order valence-electron chi connectivity index (χ1n) is 7.44. The van der Waals surface area contributed by atoms with Crippen molar-refractivity contribution < 1.29 is 5.11 Å². The number of hydrogen-bond acceptors (Lipinski definition) is 1. The minimum atomic E-state index is 0.134. The molecule has 0 radical (unpaired) electrons. The fraction of sp³-hybridized carbons (Fsp3) is 0.300. The smallest absolute Gasteiger partial charge is 0.0471 e. The predicted octanol–water partition coefficient (Wildman–Crippen LogP) is 5.21. The largest absolute Gasteiger partial charge is 0.396 e. The van der Waals surface area contributed by atoms with Gasteiger partial charge in [-0.2, -0.15) is 0 Å². The highest BCUT2D eigenvalue weighted by Gasteiger charge is 2.16. The summed E-state index contributed by atoms with van der Waals surface area (Å²) in [5.41, 5.74) is 6.20. The van der Waals surface area contributed by atoms with Gasteiger partial charge in [0.05, 0.1) is 0 Å². The lowest BCUT2D eigenvalue weighted by Crippen LogP contribution is -2.04. The van der Waals surface area contributed by atoms with E-state index in [1.807, 2.05) is 18.2 Å². The third kappa shape index (κ3) is 5.20. The molecule has 0 bridgehead atoms. The summed E-state index contributed by atoms with van der Waals surface area (Å²) >= 11 is 0. The molecule has 0 aromatic heterocycles. The Morgan fingerprint density at radius 2 is 2.00 bits per heavy atom. The van der Waals surface area contributed by atoms with Gasteiger partial charge in [0.2, 0.25) is 0 Å². The molecule has 0 spiro atoms. The number of allylic oxidation sites excluding steroid dienone is 10. The standard InChI is InChI=1S/C20H26O/c1-5-8-17-10-12-19(7-3)20(15-17)18(6-2)11-9-16(4)13-14-21/h5-9,11,21H,1-2,4,10,12-15H2,3H3/b11-9-,17-8-,19-7-,20-18+. The highest BCUT2D eigenvalue weighted by Crippen LogP contribution is 2.35. The Morgan fingerprint density at radius 1 is 1.24 bits per heavy atom. The van der Waals surface area contributed by atoms with E-state index in [2.05, 4.69) is 44.9 Å². The lowest BCUT2D eigenvalue weighted by molar-refractivity contribution is 0.300.